The topological polar surface area (TPSA) is 84.3 Å². The number of hydrogen-bond acceptors (Lipinski definition) is 5. The van der Waals surface area contributed by atoms with Crippen molar-refractivity contribution in [2.75, 3.05) is 26.1 Å². The van der Waals surface area contributed by atoms with E-state index in [1.807, 2.05) is 0 Å². The molecule has 0 saturated heterocycles. The molecule has 0 fully saturated rings. The molecule has 6 nitrogen and oxygen atoms in total. The van der Waals surface area contributed by atoms with Crippen LogP contribution in [-0.4, -0.2) is 41.8 Å². The lowest BCUT2D eigenvalue weighted by atomic mass is 10.3. The number of carboxylic acid groups (broad SMARTS) is 1. The van der Waals surface area contributed by atoms with Gasteiger partial charge in [0.05, 0.1) is 6.61 Å². The number of carbonyl (C=O) groups is 1. The zero-order valence-electron chi connectivity index (χ0n) is 8.65. The van der Waals surface area contributed by atoms with Crippen LogP contribution in [-0.2, 0) is 11.2 Å². The summed E-state index contributed by atoms with van der Waals surface area (Å²) in [6.07, 6.45) is 0.492. The molecule has 0 atom stereocenters. The summed E-state index contributed by atoms with van der Waals surface area (Å²) in [5.74, 6) is -0.109. The van der Waals surface area contributed by atoms with Crippen molar-refractivity contribution in [3.63, 3.8) is 0 Å². The van der Waals surface area contributed by atoms with Gasteiger partial charge in [-0.05, 0) is 0 Å². The molecule has 1 aromatic heterocycles. The Kier molecular flexibility index (Phi) is 3.99. The van der Waals surface area contributed by atoms with Gasteiger partial charge < -0.3 is 15.2 Å². The fraction of sp³-hybridized carbons (Fsp3) is 0.444. The summed E-state index contributed by atoms with van der Waals surface area (Å²) >= 11 is 0. The molecular weight excluding hydrogens is 198 g/mol. The Bertz CT molecular complexity index is 354. The van der Waals surface area contributed by atoms with Crippen LogP contribution >= 0.6 is 0 Å². The van der Waals surface area contributed by atoms with Gasteiger partial charge in [-0.2, -0.15) is 0 Å². The van der Waals surface area contributed by atoms with Gasteiger partial charge >= 0.3 is 5.97 Å². The number of nitrogens with one attached hydrogen (secondary N) is 1. The van der Waals surface area contributed by atoms with Gasteiger partial charge in [0.1, 0.15) is 11.6 Å². The molecule has 1 rings (SSSR count). The number of carboxylic acids is 1. The maximum atomic E-state index is 10.7. The van der Waals surface area contributed by atoms with Crippen molar-refractivity contribution in [2.45, 2.75) is 6.42 Å². The van der Waals surface area contributed by atoms with Crippen molar-refractivity contribution in [1.82, 2.24) is 9.97 Å². The Morgan fingerprint density at radius 3 is 2.87 bits per heavy atom. The highest BCUT2D eigenvalue weighted by Crippen LogP contribution is 2.06. The van der Waals surface area contributed by atoms with E-state index >= 15 is 0 Å². The number of rotatable bonds is 5. The average molecular weight is 211 g/mol. The van der Waals surface area contributed by atoms with Crippen LogP contribution < -0.4 is 5.32 Å². The standard InChI is InChI=1S/C9H13N3O3/c1-10-8-5-6(9(13)14)11-7(12-8)3-4-15-2/h5H,3-4H2,1-2H3,(H,13,14)(H,10,11,12). The molecule has 0 aliphatic carbocycles. The number of anilines is 1. The first kappa shape index (κ1) is 11.4. The summed E-state index contributed by atoms with van der Waals surface area (Å²) in [5, 5.41) is 11.6. The summed E-state index contributed by atoms with van der Waals surface area (Å²) in [7, 11) is 3.24. The second kappa shape index (κ2) is 5.26. The molecule has 0 amide bonds. The summed E-state index contributed by atoms with van der Waals surface area (Å²) < 4.78 is 4.87. The van der Waals surface area contributed by atoms with Gasteiger partial charge in [0.15, 0.2) is 5.69 Å². The van der Waals surface area contributed by atoms with E-state index < -0.39 is 5.97 Å². The van der Waals surface area contributed by atoms with Crippen molar-refractivity contribution in [1.29, 1.82) is 0 Å². The number of methoxy groups -OCH3 is 1. The van der Waals surface area contributed by atoms with Gasteiger partial charge in [-0.3, -0.25) is 0 Å². The molecule has 0 saturated carbocycles. The van der Waals surface area contributed by atoms with Crippen LogP contribution in [0, 0.1) is 0 Å². The zero-order chi connectivity index (χ0) is 11.3. The fourth-order valence-corrected chi connectivity index (χ4v) is 1.04. The normalized spacial score (nSPS) is 10.0. The summed E-state index contributed by atoms with van der Waals surface area (Å²) in [5.41, 5.74) is -0.0135. The van der Waals surface area contributed by atoms with Crippen molar-refractivity contribution >= 4 is 11.8 Å². The lowest BCUT2D eigenvalue weighted by molar-refractivity contribution is 0.0689. The maximum absolute atomic E-state index is 10.7. The van der Waals surface area contributed by atoms with Crippen molar-refractivity contribution in [3.05, 3.63) is 17.6 Å². The smallest absolute Gasteiger partial charge is 0.354 e. The highest BCUT2D eigenvalue weighted by atomic mass is 16.5. The second-order valence-corrected chi connectivity index (χ2v) is 2.85. The molecule has 82 valence electrons. The minimum atomic E-state index is -1.06. The Labute approximate surface area is 87.3 Å². The third-order valence-corrected chi connectivity index (χ3v) is 1.78. The van der Waals surface area contributed by atoms with Crippen LogP contribution in [0.5, 0.6) is 0 Å². The third kappa shape index (κ3) is 3.17. The molecule has 0 unspecified atom stereocenters. The molecule has 0 aliphatic rings. The van der Waals surface area contributed by atoms with Crippen molar-refractivity contribution < 1.29 is 14.6 Å². The SMILES string of the molecule is CNc1cc(C(=O)O)nc(CCOC)n1. The van der Waals surface area contributed by atoms with E-state index in [2.05, 4.69) is 15.3 Å². The van der Waals surface area contributed by atoms with E-state index in [0.29, 0.717) is 24.7 Å². The number of nitrogens with zero attached hydrogens (tertiary/aromatic N) is 2. The highest BCUT2D eigenvalue weighted by molar-refractivity contribution is 5.86. The van der Waals surface area contributed by atoms with Gasteiger partial charge in [-0.1, -0.05) is 0 Å². The molecule has 2 N–H and O–H groups in total. The highest BCUT2D eigenvalue weighted by Gasteiger charge is 2.09. The molecule has 6 heteroatoms. The molecule has 1 aromatic rings. The first-order valence-electron chi connectivity index (χ1n) is 4.45. The summed E-state index contributed by atoms with van der Waals surface area (Å²) in [6, 6.07) is 1.39. The number of ether oxygens (including phenoxy) is 1. The molecule has 0 aliphatic heterocycles. The third-order valence-electron chi connectivity index (χ3n) is 1.78. The zero-order valence-corrected chi connectivity index (χ0v) is 8.65. The molecule has 15 heavy (non-hydrogen) atoms. The fourth-order valence-electron chi connectivity index (χ4n) is 1.04. The summed E-state index contributed by atoms with van der Waals surface area (Å²) in [4.78, 5) is 18.7. The van der Waals surface area contributed by atoms with E-state index in [0.717, 1.165) is 0 Å². The Hall–Kier alpha value is -1.69. The van der Waals surface area contributed by atoms with Crippen LogP contribution in [0.3, 0.4) is 0 Å². The minimum Gasteiger partial charge on any atom is -0.477 e. The van der Waals surface area contributed by atoms with E-state index in [1.54, 1.807) is 14.2 Å². The van der Waals surface area contributed by atoms with E-state index in [9.17, 15) is 4.79 Å². The van der Waals surface area contributed by atoms with E-state index in [-0.39, 0.29) is 5.69 Å². The summed E-state index contributed by atoms with van der Waals surface area (Å²) in [6.45, 7) is 0.465. The van der Waals surface area contributed by atoms with Gasteiger partial charge in [-0.15, -0.1) is 0 Å². The number of hydrogen-bond donors (Lipinski definition) is 2. The molecule has 1 heterocycles. The van der Waals surface area contributed by atoms with Gasteiger partial charge in [0.25, 0.3) is 0 Å². The average Bonchev–Trinajstić information content (AvgIpc) is 2.25. The molecular formula is C9H13N3O3. The van der Waals surface area contributed by atoms with Crippen molar-refractivity contribution in [3.8, 4) is 0 Å². The Morgan fingerprint density at radius 2 is 2.33 bits per heavy atom. The van der Waals surface area contributed by atoms with Crippen molar-refractivity contribution in [2.24, 2.45) is 0 Å². The van der Waals surface area contributed by atoms with E-state index in [1.165, 1.54) is 6.07 Å². The first-order chi connectivity index (χ1) is 7.17. The van der Waals surface area contributed by atoms with Crippen LogP contribution in [0.4, 0.5) is 5.82 Å². The number of aromatic nitrogens is 2. The monoisotopic (exact) mass is 211 g/mol. The first-order valence-corrected chi connectivity index (χ1v) is 4.45. The molecule has 0 radical (unpaired) electrons. The Morgan fingerprint density at radius 1 is 1.60 bits per heavy atom. The largest absolute Gasteiger partial charge is 0.477 e. The Balaban J connectivity index is 2.95. The minimum absolute atomic E-state index is 0.0135. The maximum Gasteiger partial charge on any atom is 0.354 e. The predicted molar refractivity (Wildman–Crippen MR) is 54.1 cm³/mol. The quantitative estimate of drug-likeness (QED) is 0.733. The van der Waals surface area contributed by atoms with Gasteiger partial charge in [-0.25, -0.2) is 14.8 Å². The second-order valence-electron chi connectivity index (χ2n) is 2.85. The lowest BCUT2D eigenvalue weighted by Gasteiger charge is -2.04. The van der Waals surface area contributed by atoms with Crippen LogP contribution in [0.25, 0.3) is 0 Å². The molecule has 0 aromatic carbocycles. The molecule has 0 bridgehead atoms. The molecule has 0 spiro atoms. The van der Waals surface area contributed by atoms with Crippen LogP contribution in [0.2, 0.25) is 0 Å². The van der Waals surface area contributed by atoms with Gasteiger partial charge in [0.2, 0.25) is 0 Å². The van der Waals surface area contributed by atoms with Gasteiger partial charge in [0, 0.05) is 26.6 Å². The number of aromatic carboxylic acids is 1. The van der Waals surface area contributed by atoms with E-state index in [4.69, 9.17) is 9.84 Å². The van der Waals surface area contributed by atoms with Crippen LogP contribution in [0.1, 0.15) is 16.3 Å². The lowest BCUT2D eigenvalue weighted by Crippen LogP contribution is -2.09. The van der Waals surface area contributed by atoms with Crippen LogP contribution in [0.15, 0.2) is 6.07 Å². The predicted octanol–water partition coefficient (Wildman–Crippen LogP) is 0.405.